The van der Waals surface area contributed by atoms with Crippen LogP contribution in [0.25, 0.3) is 10.8 Å². The van der Waals surface area contributed by atoms with E-state index in [1.807, 2.05) is 48.5 Å². The molecule has 0 unspecified atom stereocenters. The van der Waals surface area contributed by atoms with Crippen LogP contribution in [0.2, 0.25) is 0 Å². The van der Waals surface area contributed by atoms with Gasteiger partial charge in [-0.15, -0.1) is 0 Å². The number of rotatable bonds is 2. The van der Waals surface area contributed by atoms with E-state index in [4.69, 9.17) is 4.74 Å². The Morgan fingerprint density at radius 2 is 1.71 bits per heavy atom. The van der Waals surface area contributed by atoms with Gasteiger partial charge in [0.1, 0.15) is 17.2 Å². The lowest BCUT2D eigenvalue weighted by Gasteiger charge is -2.44. The van der Waals surface area contributed by atoms with E-state index in [0.717, 1.165) is 47.8 Å². The van der Waals surface area contributed by atoms with Crippen LogP contribution in [0.15, 0.2) is 60.7 Å². The van der Waals surface area contributed by atoms with E-state index in [0.29, 0.717) is 18.7 Å². The van der Waals surface area contributed by atoms with Gasteiger partial charge in [-0.1, -0.05) is 48.5 Å². The first-order valence-electron chi connectivity index (χ1n) is 9.83. The van der Waals surface area contributed by atoms with Crippen LogP contribution in [0.5, 0.6) is 5.75 Å². The molecule has 0 radical (unpaired) electrons. The predicted molar refractivity (Wildman–Crippen MR) is 107 cm³/mol. The number of piperidine rings is 1. The summed E-state index contributed by atoms with van der Waals surface area (Å²) in [5.74, 6) is 0.714. The van der Waals surface area contributed by atoms with E-state index >= 15 is 0 Å². The van der Waals surface area contributed by atoms with Gasteiger partial charge in [-0.05, 0) is 22.9 Å². The van der Waals surface area contributed by atoms with Crippen molar-refractivity contribution >= 4 is 16.6 Å². The van der Waals surface area contributed by atoms with Gasteiger partial charge in [0.15, 0.2) is 5.78 Å². The molecule has 2 heterocycles. The molecule has 3 aromatic carbocycles. The van der Waals surface area contributed by atoms with Gasteiger partial charge < -0.3 is 4.74 Å². The summed E-state index contributed by atoms with van der Waals surface area (Å²) < 4.78 is 20.4. The standard InChI is InChI=1S/C24H22FNO2/c25-20-8-4-2-6-18(20)16-26-13-11-24(12-14-26)15-21(27)23-19-7-3-1-5-17(19)9-10-22(23)28-24/h1-10H,11-16H2. The van der Waals surface area contributed by atoms with E-state index in [9.17, 15) is 9.18 Å². The molecule has 0 N–H and O–H groups in total. The quantitative estimate of drug-likeness (QED) is 0.633. The topological polar surface area (TPSA) is 29.5 Å². The van der Waals surface area contributed by atoms with Crippen molar-refractivity contribution in [2.75, 3.05) is 13.1 Å². The molecule has 28 heavy (non-hydrogen) atoms. The van der Waals surface area contributed by atoms with Crippen molar-refractivity contribution in [2.24, 2.45) is 0 Å². The van der Waals surface area contributed by atoms with Gasteiger partial charge in [0.25, 0.3) is 0 Å². The molecule has 1 spiro atoms. The second-order valence-corrected chi connectivity index (χ2v) is 7.91. The number of nitrogens with zero attached hydrogens (tertiary/aromatic N) is 1. The minimum atomic E-state index is -0.432. The van der Waals surface area contributed by atoms with Crippen LogP contribution in [0.3, 0.4) is 0 Å². The molecule has 0 bridgehead atoms. The first kappa shape index (κ1) is 17.4. The molecule has 1 fully saturated rings. The molecule has 0 saturated carbocycles. The number of Topliss-reactive ketones (excluding diaryl/α,β-unsaturated/α-hetero) is 1. The summed E-state index contributed by atoms with van der Waals surface area (Å²) in [6.07, 6.45) is 1.97. The smallest absolute Gasteiger partial charge is 0.171 e. The molecule has 0 amide bonds. The lowest BCUT2D eigenvalue weighted by molar-refractivity contribution is -0.0106. The molecule has 0 aromatic heterocycles. The Balaban J connectivity index is 1.35. The zero-order chi connectivity index (χ0) is 19.1. The van der Waals surface area contributed by atoms with Gasteiger partial charge in [0.2, 0.25) is 0 Å². The fraction of sp³-hybridized carbons (Fsp3) is 0.292. The number of hydrogen-bond donors (Lipinski definition) is 0. The zero-order valence-electron chi connectivity index (χ0n) is 15.7. The van der Waals surface area contributed by atoms with E-state index in [2.05, 4.69) is 4.90 Å². The lowest BCUT2D eigenvalue weighted by atomic mass is 9.81. The minimum absolute atomic E-state index is 0.160. The van der Waals surface area contributed by atoms with Crippen molar-refractivity contribution in [3.63, 3.8) is 0 Å². The van der Waals surface area contributed by atoms with Crippen molar-refractivity contribution in [3.8, 4) is 5.75 Å². The van der Waals surface area contributed by atoms with Crippen LogP contribution in [-0.2, 0) is 6.54 Å². The van der Waals surface area contributed by atoms with Crippen LogP contribution < -0.4 is 4.74 Å². The number of carbonyl (C=O) groups is 1. The Morgan fingerprint density at radius 3 is 2.54 bits per heavy atom. The maximum absolute atomic E-state index is 13.9. The normalized spacial score (nSPS) is 18.8. The van der Waals surface area contributed by atoms with Gasteiger partial charge in [-0.25, -0.2) is 4.39 Å². The number of hydrogen-bond acceptors (Lipinski definition) is 3. The Hall–Kier alpha value is -2.72. The second-order valence-electron chi connectivity index (χ2n) is 7.91. The van der Waals surface area contributed by atoms with Gasteiger partial charge in [0.05, 0.1) is 12.0 Å². The third kappa shape index (κ3) is 2.98. The Bertz CT molecular complexity index is 1050. The first-order chi connectivity index (χ1) is 13.6. The molecule has 5 rings (SSSR count). The molecule has 0 aliphatic carbocycles. The van der Waals surface area contributed by atoms with Crippen LogP contribution in [0, 0.1) is 5.82 Å². The monoisotopic (exact) mass is 375 g/mol. The van der Waals surface area contributed by atoms with E-state index in [-0.39, 0.29) is 11.6 Å². The van der Waals surface area contributed by atoms with Gasteiger partial charge >= 0.3 is 0 Å². The highest BCUT2D eigenvalue weighted by molar-refractivity contribution is 6.11. The highest BCUT2D eigenvalue weighted by Crippen LogP contribution is 2.42. The Morgan fingerprint density at radius 1 is 0.964 bits per heavy atom. The van der Waals surface area contributed by atoms with E-state index in [1.165, 1.54) is 6.07 Å². The van der Waals surface area contributed by atoms with Crippen LogP contribution in [-0.4, -0.2) is 29.4 Å². The maximum Gasteiger partial charge on any atom is 0.171 e. The molecule has 2 aliphatic rings. The average molecular weight is 375 g/mol. The summed E-state index contributed by atoms with van der Waals surface area (Å²) in [6.45, 7) is 2.19. The molecule has 4 heteroatoms. The summed E-state index contributed by atoms with van der Waals surface area (Å²) in [7, 11) is 0. The molecular weight excluding hydrogens is 353 g/mol. The highest BCUT2D eigenvalue weighted by Gasteiger charge is 2.43. The molecule has 142 valence electrons. The number of carbonyl (C=O) groups excluding carboxylic acids is 1. The summed E-state index contributed by atoms with van der Waals surface area (Å²) in [5, 5.41) is 2.03. The Kier molecular flexibility index (Phi) is 4.17. The molecule has 1 saturated heterocycles. The highest BCUT2D eigenvalue weighted by atomic mass is 19.1. The van der Waals surface area contributed by atoms with Crippen LogP contribution in [0.1, 0.15) is 35.2 Å². The van der Waals surface area contributed by atoms with Crippen molar-refractivity contribution < 1.29 is 13.9 Å². The fourth-order valence-corrected chi connectivity index (χ4v) is 4.54. The molecule has 3 nitrogen and oxygen atoms in total. The first-order valence-corrected chi connectivity index (χ1v) is 9.83. The lowest BCUT2D eigenvalue weighted by Crippen LogP contribution is -2.50. The van der Waals surface area contributed by atoms with E-state index in [1.54, 1.807) is 6.07 Å². The summed E-state index contributed by atoms with van der Waals surface area (Å²) in [6, 6.07) is 18.8. The van der Waals surface area contributed by atoms with Crippen LogP contribution >= 0.6 is 0 Å². The zero-order valence-corrected chi connectivity index (χ0v) is 15.7. The summed E-state index contributed by atoms with van der Waals surface area (Å²) >= 11 is 0. The number of fused-ring (bicyclic) bond motifs is 3. The van der Waals surface area contributed by atoms with Crippen molar-refractivity contribution in [3.05, 3.63) is 77.6 Å². The SMILES string of the molecule is O=C1CC2(CCN(Cc3ccccc3F)CC2)Oc2ccc3ccccc3c21. The number of halogens is 1. The Labute approximate surface area is 163 Å². The molecular formula is C24H22FNO2. The third-order valence-electron chi connectivity index (χ3n) is 6.10. The molecule has 3 aromatic rings. The van der Waals surface area contributed by atoms with Crippen LogP contribution in [0.4, 0.5) is 4.39 Å². The summed E-state index contributed by atoms with van der Waals surface area (Å²) in [4.78, 5) is 15.3. The molecule has 2 aliphatic heterocycles. The van der Waals surface area contributed by atoms with Crippen molar-refractivity contribution in [1.82, 2.24) is 4.90 Å². The maximum atomic E-state index is 13.9. The predicted octanol–water partition coefficient (Wildman–Crippen LogP) is 4.98. The number of ether oxygens (including phenoxy) is 1. The van der Waals surface area contributed by atoms with Crippen molar-refractivity contribution in [2.45, 2.75) is 31.4 Å². The van der Waals surface area contributed by atoms with Gasteiger partial charge in [-0.2, -0.15) is 0 Å². The van der Waals surface area contributed by atoms with Gasteiger partial charge in [-0.3, -0.25) is 9.69 Å². The largest absolute Gasteiger partial charge is 0.486 e. The fourth-order valence-electron chi connectivity index (χ4n) is 4.54. The number of benzene rings is 3. The van der Waals surface area contributed by atoms with Gasteiger partial charge in [0, 0.05) is 38.0 Å². The minimum Gasteiger partial charge on any atom is -0.486 e. The number of likely N-dealkylation sites (tertiary alicyclic amines) is 1. The third-order valence-corrected chi connectivity index (χ3v) is 6.10. The van der Waals surface area contributed by atoms with E-state index < -0.39 is 5.60 Å². The summed E-state index contributed by atoms with van der Waals surface area (Å²) in [5.41, 5.74) is 1.01. The van der Waals surface area contributed by atoms with Crippen molar-refractivity contribution in [1.29, 1.82) is 0 Å². The average Bonchev–Trinajstić information content (AvgIpc) is 2.71. The second kappa shape index (κ2) is 6.71. The number of ketones is 1. The molecule has 0 atom stereocenters.